The average molecular weight is 595 g/mol. The average Bonchev–Trinajstić information content (AvgIpc) is 2.96. The minimum Gasteiger partial charge on any atom is -0.507 e. The van der Waals surface area contributed by atoms with Crippen LogP contribution < -0.4 is 9.47 Å². The molecule has 3 aromatic carbocycles. The van der Waals surface area contributed by atoms with E-state index in [0.717, 1.165) is 67.0 Å². The van der Waals surface area contributed by atoms with Crippen molar-refractivity contribution in [2.24, 2.45) is 11.1 Å². The number of phenols is 1. The first kappa shape index (κ1) is 27.5. The fourth-order valence-corrected chi connectivity index (χ4v) is 6.60. The Balaban J connectivity index is 1.30. The fourth-order valence-electron chi connectivity index (χ4n) is 6.08. The number of oxime groups is 1. The van der Waals surface area contributed by atoms with E-state index in [9.17, 15) is 5.11 Å². The molecular weight excluding hydrogens is 558 g/mol. The molecule has 2 N–H and O–H groups in total. The van der Waals surface area contributed by atoms with Crippen molar-refractivity contribution in [2.75, 3.05) is 40.4 Å². The van der Waals surface area contributed by atoms with E-state index in [0.29, 0.717) is 18.0 Å². The molecule has 0 bridgehead atoms. The number of likely N-dealkylation sites (tertiary alicyclic amines) is 1. The second kappa shape index (κ2) is 12.4. The number of hydrogen-bond donors (Lipinski definition) is 2. The van der Waals surface area contributed by atoms with Gasteiger partial charge in [0.1, 0.15) is 5.75 Å². The summed E-state index contributed by atoms with van der Waals surface area (Å²) in [5.41, 5.74) is 5.26. The fraction of sp³-hybridized carbons (Fsp3) is 0.387. The molecule has 2 aliphatic heterocycles. The molecule has 0 aromatic heterocycles. The molecule has 1 fully saturated rings. The number of ether oxygens (including phenoxy) is 2. The van der Waals surface area contributed by atoms with Gasteiger partial charge in [-0.05, 0) is 79.2 Å². The Morgan fingerprint density at radius 3 is 2.41 bits per heavy atom. The van der Waals surface area contributed by atoms with Gasteiger partial charge in [0.05, 0.1) is 26.5 Å². The summed E-state index contributed by atoms with van der Waals surface area (Å²) in [4.78, 5) is 5.04. The van der Waals surface area contributed by atoms with Crippen LogP contribution in [0.15, 0.2) is 64.2 Å². The first-order chi connectivity index (χ1) is 19.0. The van der Waals surface area contributed by atoms with Gasteiger partial charge in [-0.15, -0.1) is 0 Å². The molecule has 0 saturated carbocycles. The van der Waals surface area contributed by atoms with Crippen LogP contribution in [0.5, 0.6) is 17.2 Å². The van der Waals surface area contributed by atoms with Gasteiger partial charge in [0, 0.05) is 35.2 Å². The molecule has 2 heterocycles. The van der Waals surface area contributed by atoms with Crippen LogP contribution in [-0.4, -0.2) is 66.7 Å². The Kier molecular flexibility index (Phi) is 8.75. The topological polar surface area (TPSA) is 77.8 Å². The van der Waals surface area contributed by atoms with Gasteiger partial charge in [-0.2, -0.15) is 0 Å². The molecule has 206 valence electrons. The first-order valence-corrected chi connectivity index (χ1v) is 14.2. The van der Waals surface area contributed by atoms with E-state index in [1.165, 1.54) is 22.9 Å². The zero-order valence-corrected chi connectivity index (χ0v) is 24.1. The lowest BCUT2D eigenvalue weighted by Crippen LogP contribution is -2.42. The molecular formula is C31H36BrN3O4. The molecule has 0 amide bonds. The first-order valence-electron chi connectivity index (χ1n) is 13.5. The lowest BCUT2D eigenvalue weighted by atomic mass is 9.86. The van der Waals surface area contributed by atoms with Crippen LogP contribution in [0.4, 0.5) is 0 Å². The summed E-state index contributed by atoms with van der Waals surface area (Å²) in [5, 5.41) is 22.7. The number of rotatable bonds is 8. The summed E-state index contributed by atoms with van der Waals surface area (Å²) in [6.45, 7) is 4.66. The maximum atomic E-state index is 10.7. The van der Waals surface area contributed by atoms with Crippen molar-refractivity contribution in [3.05, 3.63) is 86.9 Å². The van der Waals surface area contributed by atoms with Crippen molar-refractivity contribution in [2.45, 2.75) is 31.8 Å². The van der Waals surface area contributed by atoms with E-state index in [1.54, 1.807) is 20.3 Å². The van der Waals surface area contributed by atoms with Gasteiger partial charge >= 0.3 is 0 Å². The molecule has 0 spiro atoms. The summed E-state index contributed by atoms with van der Waals surface area (Å²) >= 11 is 3.51. The van der Waals surface area contributed by atoms with Gasteiger partial charge in [0.2, 0.25) is 0 Å². The molecule has 5 rings (SSSR count). The SMILES string of the molecule is COc1cc2c(cc1OC)C(c1ccccc1)N(CC1CCN(Cc3cc(Br)cc(/C=N/O)c3O)CC1)CC2. The predicted molar refractivity (Wildman–Crippen MR) is 156 cm³/mol. The minimum absolute atomic E-state index is 0.169. The Hall–Kier alpha value is -3.07. The van der Waals surface area contributed by atoms with Crippen LogP contribution in [0.2, 0.25) is 0 Å². The summed E-state index contributed by atoms with van der Waals surface area (Å²) in [7, 11) is 3.39. The van der Waals surface area contributed by atoms with Crippen molar-refractivity contribution >= 4 is 22.1 Å². The van der Waals surface area contributed by atoms with Crippen molar-refractivity contribution in [1.29, 1.82) is 0 Å². The highest BCUT2D eigenvalue weighted by molar-refractivity contribution is 9.10. The lowest BCUT2D eigenvalue weighted by molar-refractivity contribution is 0.119. The summed E-state index contributed by atoms with van der Waals surface area (Å²) in [5.74, 6) is 2.33. The Bertz CT molecular complexity index is 1310. The van der Waals surface area contributed by atoms with E-state index < -0.39 is 0 Å². The van der Waals surface area contributed by atoms with Crippen molar-refractivity contribution in [3.63, 3.8) is 0 Å². The van der Waals surface area contributed by atoms with Crippen LogP contribution in [0.1, 0.15) is 46.7 Å². The maximum absolute atomic E-state index is 10.7. The van der Waals surface area contributed by atoms with Gasteiger partial charge in [0.25, 0.3) is 0 Å². The number of halogens is 1. The van der Waals surface area contributed by atoms with E-state index in [2.05, 4.69) is 73.4 Å². The standard InChI is InChI=1S/C31H36BrN3O4/c1-38-28-16-23-10-13-35(30(22-6-4-3-5-7-22)27(23)17-29(28)39-2)19-21-8-11-34(12-9-21)20-25-15-26(32)14-24(18-33-37)31(25)36/h3-7,14-18,21,30,36-37H,8-13,19-20H2,1-2H3/b33-18+. The van der Waals surface area contributed by atoms with Crippen molar-refractivity contribution < 1.29 is 19.8 Å². The summed E-state index contributed by atoms with van der Waals surface area (Å²) in [6.07, 6.45) is 4.47. The molecule has 1 saturated heterocycles. The maximum Gasteiger partial charge on any atom is 0.161 e. The van der Waals surface area contributed by atoms with Crippen molar-refractivity contribution in [3.8, 4) is 17.2 Å². The molecule has 0 aliphatic carbocycles. The zero-order valence-electron chi connectivity index (χ0n) is 22.5. The highest BCUT2D eigenvalue weighted by Crippen LogP contribution is 2.41. The largest absolute Gasteiger partial charge is 0.507 e. The smallest absolute Gasteiger partial charge is 0.161 e. The molecule has 1 atom stereocenters. The number of fused-ring (bicyclic) bond motifs is 1. The normalized spacial score (nSPS) is 18.8. The highest BCUT2D eigenvalue weighted by atomic mass is 79.9. The van der Waals surface area contributed by atoms with Gasteiger partial charge in [-0.1, -0.05) is 51.4 Å². The molecule has 3 aromatic rings. The van der Waals surface area contributed by atoms with E-state index in [4.69, 9.17) is 14.7 Å². The number of methoxy groups -OCH3 is 2. The number of aromatic hydroxyl groups is 1. The summed E-state index contributed by atoms with van der Waals surface area (Å²) < 4.78 is 12.1. The van der Waals surface area contributed by atoms with Crippen LogP contribution in [0.3, 0.4) is 0 Å². The number of hydrogen-bond acceptors (Lipinski definition) is 7. The molecule has 39 heavy (non-hydrogen) atoms. The van der Waals surface area contributed by atoms with Crippen LogP contribution in [0.25, 0.3) is 0 Å². The monoisotopic (exact) mass is 593 g/mol. The third-order valence-electron chi connectivity index (χ3n) is 8.06. The van der Waals surface area contributed by atoms with Crippen LogP contribution >= 0.6 is 15.9 Å². The molecule has 0 radical (unpaired) electrons. The third-order valence-corrected chi connectivity index (χ3v) is 8.52. The van der Waals surface area contributed by atoms with Crippen LogP contribution in [-0.2, 0) is 13.0 Å². The van der Waals surface area contributed by atoms with E-state index in [1.807, 2.05) is 6.07 Å². The van der Waals surface area contributed by atoms with Gasteiger partial charge < -0.3 is 19.8 Å². The summed E-state index contributed by atoms with van der Waals surface area (Å²) in [6, 6.07) is 19.0. The lowest BCUT2D eigenvalue weighted by Gasteiger charge is -2.41. The third kappa shape index (κ3) is 6.08. The zero-order chi connectivity index (χ0) is 27.4. The second-order valence-corrected chi connectivity index (χ2v) is 11.3. The number of phenolic OH excluding ortho intramolecular Hbond substituents is 1. The highest BCUT2D eigenvalue weighted by Gasteiger charge is 2.32. The Morgan fingerprint density at radius 2 is 1.72 bits per heavy atom. The van der Waals surface area contributed by atoms with Crippen molar-refractivity contribution in [1.82, 2.24) is 9.80 Å². The van der Waals surface area contributed by atoms with Gasteiger partial charge in [-0.3, -0.25) is 9.80 Å². The molecule has 2 aliphatic rings. The minimum atomic E-state index is 0.169. The van der Waals surface area contributed by atoms with Gasteiger partial charge in [0.15, 0.2) is 11.5 Å². The quantitative estimate of drug-likeness (QED) is 0.194. The number of benzene rings is 3. The van der Waals surface area contributed by atoms with Crippen LogP contribution in [0, 0.1) is 5.92 Å². The number of piperidine rings is 1. The Labute approximate surface area is 238 Å². The van der Waals surface area contributed by atoms with E-state index in [-0.39, 0.29) is 11.8 Å². The second-order valence-electron chi connectivity index (χ2n) is 10.4. The molecule has 7 nitrogen and oxygen atoms in total. The predicted octanol–water partition coefficient (Wildman–Crippen LogP) is 5.84. The number of nitrogens with zero attached hydrogens (tertiary/aromatic N) is 3. The van der Waals surface area contributed by atoms with E-state index >= 15 is 0 Å². The Morgan fingerprint density at radius 1 is 1.00 bits per heavy atom. The molecule has 8 heteroatoms. The molecule has 1 unspecified atom stereocenters. The van der Waals surface area contributed by atoms with Gasteiger partial charge in [-0.25, -0.2) is 0 Å².